The van der Waals surface area contributed by atoms with Crippen molar-refractivity contribution in [3.8, 4) is 12.1 Å². The first-order valence-electron chi connectivity index (χ1n) is 10.9. The van der Waals surface area contributed by atoms with Gasteiger partial charge in [-0.1, -0.05) is 11.6 Å². The summed E-state index contributed by atoms with van der Waals surface area (Å²) >= 11 is 6.70. The summed E-state index contributed by atoms with van der Waals surface area (Å²) in [6.45, 7) is 1.66. The summed E-state index contributed by atoms with van der Waals surface area (Å²) in [7, 11) is 0. The Bertz CT molecular complexity index is 1280. The van der Waals surface area contributed by atoms with Crippen LogP contribution in [0.2, 0.25) is 5.02 Å². The maximum absolute atomic E-state index is 11.0. The molecule has 168 valence electrons. The average molecular weight is 464 g/mol. The minimum Gasteiger partial charge on any atom is -0.388 e. The van der Waals surface area contributed by atoms with Gasteiger partial charge in [0, 0.05) is 11.6 Å². The summed E-state index contributed by atoms with van der Waals surface area (Å²) in [5.74, 6) is 0.759. The lowest BCUT2D eigenvalue weighted by atomic mass is 9.87. The Hall–Kier alpha value is -3.44. The average Bonchev–Trinajstić information content (AvgIpc) is 3.56. The number of hydrogen-bond donors (Lipinski definition) is 4. The number of aliphatic hydroxyl groups is 1. The van der Waals surface area contributed by atoms with Gasteiger partial charge in [-0.2, -0.15) is 20.0 Å². The van der Waals surface area contributed by atoms with Crippen LogP contribution < -0.4 is 16.0 Å². The second-order valence-electron chi connectivity index (χ2n) is 8.39. The molecule has 2 aromatic heterocycles. The molecule has 0 bridgehead atoms. The van der Waals surface area contributed by atoms with E-state index in [0.717, 1.165) is 38.8 Å². The van der Waals surface area contributed by atoms with Gasteiger partial charge in [0.2, 0.25) is 5.95 Å². The quantitative estimate of drug-likeness (QED) is 0.433. The second-order valence-corrected chi connectivity index (χ2v) is 8.77. The topological polar surface area (TPSA) is 147 Å². The van der Waals surface area contributed by atoms with Crippen LogP contribution >= 0.6 is 11.6 Å². The fraction of sp³-hybridized carbons (Fsp3) is 0.409. The molecule has 1 aliphatic heterocycles. The number of halogens is 1. The molecule has 4 N–H and O–H groups in total. The zero-order valence-corrected chi connectivity index (χ0v) is 18.5. The highest BCUT2D eigenvalue weighted by Crippen LogP contribution is 2.38. The van der Waals surface area contributed by atoms with E-state index in [1.54, 1.807) is 12.1 Å². The number of fused-ring (bicyclic) bond motifs is 1. The third-order valence-corrected chi connectivity index (χ3v) is 6.44. The number of nitrogens with one attached hydrogen (secondary N) is 3. The number of nitrogens with zero attached hydrogens (tertiary/aromatic N) is 6. The normalized spacial score (nSPS) is 17.3. The Morgan fingerprint density at radius 3 is 2.67 bits per heavy atom. The number of imidazole rings is 1. The zero-order chi connectivity index (χ0) is 22.9. The predicted octanol–water partition coefficient (Wildman–Crippen LogP) is 2.87. The molecular weight excluding hydrogens is 442 g/mol. The monoisotopic (exact) mass is 463 g/mol. The highest BCUT2D eigenvalue weighted by molar-refractivity contribution is 6.34. The van der Waals surface area contributed by atoms with Crippen molar-refractivity contribution in [3.63, 3.8) is 0 Å². The second kappa shape index (κ2) is 8.83. The standard InChI is InChI=1S/C22H22ClN9O/c23-18-16(19(33)13-3-5-26-6-4-13)7-12(9-24)8-17(18)29-22-30-20(28-14-1-2-14)21-27-11-15(10-25)32(21)31-22/h7-8,11,13-14,19,26,33H,1-6H2,(H2,28,29,30,31). The molecule has 1 atom stereocenters. The van der Waals surface area contributed by atoms with E-state index in [9.17, 15) is 15.6 Å². The van der Waals surface area contributed by atoms with Crippen LogP contribution in [-0.4, -0.2) is 43.8 Å². The van der Waals surface area contributed by atoms with Crippen molar-refractivity contribution in [3.05, 3.63) is 40.2 Å². The van der Waals surface area contributed by atoms with Crippen molar-refractivity contribution < 1.29 is 5.11 Å². The maximum atomic E-state index is 11.0. The lowest BCUT2D eigenvalue weighted by molar-refractivity contribution is 0.0890. The molecular formula is C22H22ClN9O. The van der Waals surface area contributed by atoms with Crippen molar-refractivity contribution in [2.75, 3.05) is 23.7 Å². The van der Waals surface area contributed by atoms with Crippen molar-refractivity contribution in [2.24, 2.45) is 5.92 Å². The summed E-state index contributed by atoms with van der Waals surface area (Å²) in [6.07, 6.45) is 4.39. The smallest absolute Gasteiger partial charge is 0.247 e. The van der Waals surface area contributed by atoms with Gasteiger partial charge in [-0.15, -0.1) is 5.10 Å². The molecule has 5 rings (SSSR count). The fourth-order valence-electron chi connectivity index (χ4n) is 4.08. The van der Waals surface area contributed by atoms with Crippen molar-refractivity contribution in [1.82, 2.24) is 24.9 Å². The number of anilines is 3. The molecule has 3 aromatic rings. The molecule has 1 aliphatic carbocycles. The SMILES string of the molecule is N#Cc1cc(Nc2nc(NC3CC3)c3ncc(C#N)n3n2)c(Cl)c(C(O)C2CCNCC2)c1. The van der Waals surface area contributed by atoms with E-state index in [1.165, 1.54) is 10.7 Å². The molecule has 0 spiro atoms. The minimum absolute atomic E-state index is 0.0524. The molecule has 1 unspecified atom stereocenters. The Labute approximate surface area is 195 Å². The minimum atomic E-state index is -0.789. The lowest BCUT2D eigenvalue weighted by Gasteiger charge is -2.28. The summed E-state index contributed by atoms with van der Waals surface area (Å²) in [5.41, 5.74) is 2.01. The van der Waals surface area contributed by atoms with Crippen LogP contribution in [0.5, 0.6) is 0 Å². The third kappa shape index (κ3) is 4.29. The third-order valence-electron chi connectivity index (χ3n) is 6.02. The van der Waals surface area contributed by atoms with Crippen LogP contribution in [0.15, 0.2) is 18.3 Å². The van der Waals surface area contributed by atoms with E-state index in [2.05, 4.69) is 43.2 Å². The van der Waals surface area contributed by atoms with Crippen LogP contribution in [0.1, 0.15) is 48.6 Å². The molecule has 2 fully saturated rings. The number of nitriles is 2. The molecule has 2 aliphatic rings. The van der Waals surface area contributed by atoms with Crippen molar-refractivity contribution in [1.29, 1.82) is 10.5 Å². The van der Waals surface area contributed by atoms with Crippen molar-refractivity contribution >= 4 is 34.7 Å². The van der Waals surface area contributed by atoms with Gasteiger partial charge in [0.25, 0.3) is 0 Å². The highest BCUT2D eigenvalue weighted by atomic mass is 35.5. The van der Waals surface area contributed by atoms with Crippen molar-refractivity contribution in [2.45, 2.75) is 37.8 Å². The summed E-state index contributed by atoms with van der Waals surface area (Å²) in [4.78, 5) is 8.82. The highest BCUT2D eigenvalue weighted by Gasteiger charge is 2.27. The molecule has 1 aromatic carbocycles. The number of piperidine rings is 1. The number of hydrogen-bond acceptors (Lipinski definition) is 9. The Balaban J connectivity index is 1.53. The lowest BCUT2D eigenvalue weighted by Crippen LogP contribution is -2.31. The molecule has 3 heterocycles. The van der Waals surface area contributed by atoms with E-state index in [4.69, 9.17) is 11.6 Å². The van der Waals surface area contributed by atoms with Crippen LogP contribution in [0.3, 0.4) is 0 Å². The van der Waals surface area contributed by atoms with Gasteiger partial charge in [-0.05, 0) is 56.8 Å². The Kier molecular flexibility index (Phi) is 5.73. The fourth-order valence-corrected chi connectivity index (χ4v) is 4.35. The first-order chi connectivity index (χ1) is 16.1. The van der Waals surface area contributed by atoms with E-state index < -0.39 is 6.10 Å². The van der Waals surface area contributed by atoms with Gasteiger partial charge >= 0.3 is 0 Å². The molecule has 0 radical (unpaired) electrons. The first-order valence-corrected chi connectivity index (χ1v) is 11.3. The van der Waals surface area contributed by atoms with Crippen LogP contribution in [0, 0.1) is 28.6 Å². The first kappa shape index (κ1) is 21.4. The number of aliphatic hydroxyl groups excluding tert-OH is 1. The Morgan fingerprint density at radius 2 is 1.97 bits per heavy atom. The van der Waals surface area contributed by atoms with E-state index in [-0.39, 0.29) is 17.6 Å². The molecule has 11 heteroatoms. The predicted molar refractivity (Wildman–Crippen MR) is 122 cm³/mol. The summed E-state index contributed by atoms with van der Waals surface area (Å²) in [6, 6.07) is 7.76. The van der Waals surface area contributed by atoms with Gasteiger partial charge in [0.05, 0.1) is 34.6 Å². The number of rotatable bonds is 6. The van der Waals surface area contributed by atoms with Crippen LogP contribution in [-0.2, 0) is 0 Å². The number of benzene rings is 1. The Morgan fingerprint density at radius 1 is 1.18 bits per heavy atom. The van der Waals surface area contributed by atoms with E-state index >= 15 is 0 Å². The van der Waals surface area contributed by atoms with E-state index in [0.29, 0.717) is 39.3 Å². The summed E-state index contributed by atoms with van der Waals surface area (Å²) < 4.78 is 1.42. The zero-order valence-electron chi connectivity index (χ0n) is 17.7. The number of aromatic nitrogens is 4. The van der Waals surface area contributed by atoms with Gasteiger partial charge in [0.15, 0.2) is 17.2 Å². The molecule has 1 saturated carbocycles. The van der Waals surface area contributed by atoms with Gasteiger partial charge in [0.1, 0.15) is 6.07 Å². The molecule has 33 heavy (non-hydrogen) atoms. The van der Waals surface area contributed by atoms with Gasteiger partial charge < -0.3 is 21.1 Å². The summed E-state index contributed by atoms with van der Waals surface area (Å²) in [5, 5.41) is 44.4. The van der Waals surface area contributed by atoms with E-state index in [1.807, 2.05) is 0 Å². The van der Waals surface area contributed by atoms with Gasteiger partial charge in [-0.25, -0.2) is 4.98 Å². The largest absolute Gasteiger partial charge is 0.388 e. The van der Waals surface area contributed by atoms with Crippen LogP contribution in [0.25, 0.3) is 5.65 Å². The van der Waals surface area contributed by atoms with Gasteiger partial charge in [-0.3, -0.25) is 0 Å². The molecule has 0 amide bonds. The molecule has 10 nitrogen and oxygen atoms in total. The maximum Gasteiger partial charge on any atom is 0.247 e. The molecule has 1 saturated heterocycles. The van der Waals surface area contributed by atoms with Crippen LogP contribution in [0.4, 0.5) is 17.5 Å².